The number of Topliss-reactive ketones (excluding diaryl/α,β-unsaturated/α-hetero) is 1. The van der Waals surface area contributed by atoms with Crippen LogP contribution in [0.3, 0.4) is 0 Å². The van der Waals surface area contributed by atoms with Gasteiger partial charge in [-0.05, 0) is 24.9 Å². The Morgan fingerprint density at radius 3 is 2.67 bits per heavy atom. The Morgan fingerprint density at radius 2 is 2.00 bits per heavy atom. The van der Waals surface area contributed by atoms with Gasteiger partial charge in [0.25, 0.3) is 0 Å². The van der Waals surface area contributed by atoms with Crippen LogP contribution in [0.25, 0.3) is 0 Å². The Morgan fingerprint density at radius 1 is 1.27 bits per heavy atom. The van der Waals surface area contributed by atoms with E-state index < -0.39 is 0 Å². The fourth-order valence-corrected chi connectivity index (χ4v) is 1.49. The number of aliphatic hydroxyl groups excluding tert-OH is 1. The summed E-state index contributed by atoms with van der Waals surface area (Å²) in [6.45, 7) is 0.535. The lowest BCUT2D eigenvalue weighted by atomic mass is 10.0. The van der Waals surface area contributed by atoms with Gasteiger partial charge in [-0.1, -0.05) is 24.3 Å². The summed E-state index contributed by atoms with van der Waals surface area (Å²) < 4.78 is 0. The zero-order chi connectivity index (χ0) is 11.1. The fraction of sp³-hybridized carbons (Fsp3) is 0.417. The maximum Gasteiger partial charge on any atom is 0.163 e. The first-order valence-electron chi connectivity index (χ1n) is 5.21. The Kier molecular flexibility index (Phi) is 5.01. The molecule has 0 unspecified atom stereocenters. The highest BCUT2D eigenvalue weighted by molar-refractivity contribution is 5.97. The summed E-state index contributed by atoms with van der Waals surface area (Å²) in [6.07, 6.45) is 2.19. The molecular formula is C12H17NO2. The molecular weight excluding hydrogens is 190 g/mol. The van der Waals surface area contributed by atoms with Gasteiger partial charge in [0.05, 0.1) is 6.61 Å². The van der Waals surface area contributed by atoms with E-state index in [0.29, 0.717) is 24.1 Å². The van der Waals surface area contributed by atoms with Crippen molar-refractivity contribution in [2.45, 2.75) is 25.9 Å². The highest BCUT2D eigenvalue weighted by atomic mass is 16.3. The summed E-state index contributed by atoms with van der Waals surface area (Å²) in [6, 6.07) is 7.17. The van der Waals surface area contributed by atoms with Gasteiger partial charge in [0, 0.05) is 12.0 Å². The van der Waals surface area contributed by atoms with Crippen LogP contribution in [-0.4, -0.2) is 17.4 Å². The molecule has 0 amide bonds. The number of hydrogen-bond acceptors (Lipinski definition) is 3. The second-order valence-electron chi connectivity index (χ2n) is 3.48. The standard InChI is InChI=1S/C12H17NO2/c13-8-4-3-7-12(15)11-6-2-1-5-10(11)9-14/h1-2,5-6,14H,3-4,7-9,13H2. The first-order chi connectivity index (χ1) is 7.29. The highest BCUT2D eigenvalue weighted by Gasteiger charge is 2.09. The van der Waals surface area contributed by atoms with Gasteiger partial charge >= 0.3 is 0 Å². The lowest BCUT2D eigenvalue weighted by Crippen LogP contribution is -2.05. The van der Waals surface area contributed by atoms with E-state index in [1.54, 1.807) is 12.1 Å². The molecule has 3 nitrogen and oxygen atoms in total. The summed E-state index contributed by atoms with van der Waals surface area (Å²) in [5, 5.41) is 9.07. The van der Waals surface area contributed by atoms with Crippen LogP contribution < -0.4 is 5.73 Å². The van der Waals surface area contributed by atoms with Gasteiger partial charge in [0.1, 0.15) is 0 Å². The molecule has 0 fully saturated rings. The number of carbonyl (C=O) groups excluding carboxylic acids is 1. The van der Waals surface area contributed by atoms with Crippen molar-refractivity contribution in [3.8, 4) is 0 Å². The number of unbranched alkanes of at least 4 members (excludes halogenated alkanes) is 1. The summed E-state index contributed by atoms with van der Waals surface area (Å²) >= 11 is 0. The summed E-state index contributed by atoms with van der Waals surface area (Å²) in [7, 11) is 0. The van der Waals surface area contributed by atoms with Gasteiger partial charge in [-0.25, -0.2) is 0 Å². The smallest absolute Gasteiger partial charge is 0.163 e. The molecule has 0 spiro atoms. The molecule has 0 heterocycles. The third kappa shape index (κ3) is 3.46. The van der Waals surface area contributed by atoms with Gasteiger partial charge in [-0.15, -0.1) is 0 Å². The van der Waals surface area contributed by atoms with Gasteiger partial charge < -0.3 is 10.8 Å². The van der Waals surface area contributed by atoms with Gasteiger partial charge in [0.15, 0.2) is 5.78 Å². The van der Waals surface area contributed by atoms with Crippen molar-refractivity contribution in [3.05, 3.63) is 35.4 Å². The molecule has 0 aliphatic carbocycles. The van der Waals surface area contributed by atoms with Gasteiger partial charge in [-0.3, -0.25) is 4.79 Å². The monoisotopic (exact) mass is 207 g/mol. The molecule has 0 saturated carbocycles. The molecule has 0 saturated heterocycles. The Balaban J connectivity index is 2.64. The fourth-order valence-electron chi connectivity index (χ4n) is 1.49. The molecule has 1 aromatic carbocycles. The van der Waals surface area contributed by atoms with E-state index >= 15 is 0 Å². The minimum atomic E-state index is -0.0845. The molecule has 82 valence electrons. The maximum absolute atomic E-state index is 11.7. The van der Waals surface area contributed by atoms with Gasteiger partial charge in [0.2, 0.25) is 0 Å². The van der Waals surface area contributed by atoms with Crippen LogP contribution in [0.5, 0.6) is 0 Å². The normalized spacial score (nSPS) is 10.3. The van der Waals surface area contributed by atoms with Crippen LogP contribution in [0.2, 0.25) is 0 Å². The van der Waals surface area contributed by atoms with Crippen molar-refractivity contribution in [1.82, 2.24) is 0 Å². The third-order valence-corrected chi connectivity index (χ3v) is 2.35. The maximum atomic E-state index is 11.7. The summed E-state index contributed by atoms with van der Waals surface area (Å²) in [5.74, 6) is 0.0908. The van der Waals surface area contributed by atoms with Crippen molar-refractivity contribution < 1.29 is 9.90 Å². The molecule has 0 aromatic heterocycles. The predicted octanol–water partition coefficient (Wildman–Crippen LogP) is 1.49. The molecule has 0 aliphatic rings. The molecule has 3 heteroatoms. The van der Waals surface area contributed by atoms with Crippen LogP contribution in [0.15, 0.2) is 24.3 Å². The molecule has 15 heavy (non-hydrogen) atoms. The average molecular weight is 207 g/mol. The lowest BCUT2D eigenvalue weighted by Gasteiger charge is -2.05. The van der Waals surface area contributed by atoms with E-state index in [-0.39, 0.29) is 12.4 Å². The zero-order valence-electron chi connectivity index (χ0n) is 8.78. The minimum absolute atomic E-state index is 0.0845. The van der Waals surface area contributed by atoms with E-state index in [4.69, 9.17) is 10.8 Å². The van der Waals surface area contributed by atoms with Crippen LogP contribution in [0.1, 0.15) is 35.2 Å². The van der Waals surface area contributed by atoms with Crippen LogP contribution >= 0.6 is 0 Å². The number of aliphatic hydroxyl groups is 1. The number of benzene rings is 1. The molecule has 1 aromatic rings. The Hall–Kier alpha value is -1.19. The second kappa shape index (κ2) is 6.32. The van der Waals surface area contributed by atoms with Crippen molar-refractivity contribution in [2.75, 3.05) is 6.54 Å². The second-order valence-corrected chi connectivity index (χ2v) is 3.48. The largest absolute Gasteiger partial charge is 0.392 e. The average Bonchev–Trinajstić information content (AvgIpc) is 2.29. The van der Waals surface area contributed by atoms with E-state index in [1.807, 2.05) is 12.1 Å². The summed E-state index contributed by atoms with van der Waals surface area (Å²) in [4.78, 5) is 11.7. The number of carbonyl (C=O) groups is 1. The first kappa shape index (κ1) is 11.9. The molecule has 1 rings (SSSR count). The summed E-state index contributed by atoms with van der Waals surface area (Å²) in [5.41, 5.74) is 6.70. The van der Waals surface area contributed by atoms with Crippen LogP contribution in [0, 0.1) is 0 Å². The third-order valence-electron chi connectivity index (χ3n) is 2.35. The van der Waals surface area contributed by atoms with Crippen molar-refractivity contribution in [3.63, 3.8) is 0 Å². The van der Waals surface area contributed by atoms with Crippen LogP contribution in [0.4, 0.5) is 0 Å². The number of ketones is 1. The van der Waals surface area contributed by atoms with E-state index in [0.717, 1.165) is 12.8 Å². The quantitative estimate of drug-likeness (QED) is 0.548. The topological polar surface area (TPSA) is 63.3 Å². The SMILES string of the molecule is NCCCCC(=O)c1ccccc1CO. The number of hydrogen-bond donors (Lipinski definition) is 2. The van der Waals surface area contributed by atoms with Crippen molar-refractivity contribution in [2.24, 2.45) is 5.73 Å². The Labute approximate surface area is 89.9 Å². The number of rotatable bonds is 6. The molecule has 0 aliphatic heterocycles. The predicted molar refractivity (Wildman–Crippen MR) is 59.6 cm³/mol. The zero-order valence-corrected chi connectivity index (χ0v) is 8.78. The lowest BCUT2D eigenvalue weighted by molar-refractivity contribution is 0.0976. The number of nitrogens with two attached hydrogens (primary N) is 1. The van der Waals surface area contributed by atoms with Crippen molar-refractivity contribution in [1.29, 1.82) is 0 Å². The van der Waals surface area contributed by atoms with E-state index in [9.17, 15) is 4.79 Å². The molecule has 0 atom stereocenters. The van der Waals surface area contributed by atoms with Crippen LogP contribution in [-0.2, 0) is 6.61 Å². The van der Waals surface area contributed by atoms with Crippen molar-refractivity contribution >= 4 is 5.78 Å². The Bertz CT molecular complexity index is 323. The minimum Gasteiger partial charge on any atom is -0.392 e. The molecule has 3 N–H and O–H groups in total. The molecule has 0 radical (unpaired) electrons. The first-order valence-corrected chi connectivity index (χ1v) is 5.21. The van der Waals surface area contributed by atoms with E-state index in [1.165, 1.54) is 0 Å². The highest BCUT2D eigenvalue weighted by Crippen LogP contribution is 2.12. The van der Waals surface area contributed by atoms with E-state index in [2.05, 4.69) is 0 Å². The molecule has 0 bridgehead atoms. The van der Waals surface area contributed by atoms with Gasteiger partial charge in [-0.2, -0.15) is 0 Å².